The summed E-state index contributed by atoms with van der Waals surface area (Å²) in [4.78, 5) is 51.7. The highest BCUT2D eigenvalue weighted by atomic mass is 16.4. The summed E-state index contributed by atoms with van der Waals surface area (Å²) in [5, 5.41) is 19.7. The minimum atomic E-state index is -1.56. The molecule has 6 N–H and O–H groups in total. The molecule has 0 fully saturated rings. The van der Waals surface area contributed by atoms with Crippen molar-refractivity contribution in [3.05, 3.63) is 16.7 Å². The van der Waals surface area contributed by atoms with Gasteiger partial charge in [0, 0.05) is 0 Å². The number of hydrogen-bond donors (Lipinski definition) is 5. The number of carbonyl (C=O) groups is 3. The number of nitrogens with two attached hydrogens (primary N) is 1. The number of rotatable bonds is 6. The fraction of sp³-hybridized carbons (Fsp3) is 0.333. The van der Waals surface area contributed by atoms with Gasteiger partial charge in [-0.05, 0) is 0 Å². The van der Waals surface area contributed by atoms with Crippen molar-refractivity contribution in [2.24, 2.45) is 7.05 Å². The second-order valence-electron chi connectivity index (χ2n) is 5.03. The maximum atomic E-state index is 12.0. The summed E-state index contributed by atoms with van der Waals surface area (Å²) in [6.45, 7) is -0.364. The number of fused-ring (bicyclic) bond motifs is 1. The number of H-pyrrole nitrogens is 1. The molecule has 0 bridgehead atoms. The lowest BCUT2D eigenvalue weighted by molar-refractivity contribution is -0.661. The summed E-state index contributed by atoms with van der Waals surface area (Å²) in [5.41, 5.74) is 5.30. The molecule has 2 aromatic rings. The molecule has 12 heteroatoms. The molecule has 0 saturated heterocycles. The Morgan fingerprint density at radius 2 is 2.12 bits per heavy atom. The number of carboxylic acid groups (broad SMARTS) is 2. The Kier molecular flexibility index (Phi) is 4.48. The monoisotopic (exact) mass is 339 g/mol. The molecule has 24 heavy (non-hydrogen) atoms. The number of amides is 1. The first-order valence-electron chi connectivity index (χ1n) is 6.67. The molecule has 0 spiro atoms. The molecule has 0 saturated carbocycles. The first-order chi connectivity index (χ1) is 11.2. The second-order valence-corrected chi connectivity index (χ2v) is 5.03. The van der Waals surface area contributed by atoms with E-state index in [0.717, 1.165) is 0 Å². The summed E-state index contributed by atoms with van der Waals surface area (Å²) >= 11 is 0. The van der Waals surface area contributed by atoms with Crippen LogP contribution in [-0.4, -0.2) is 48.6 Å². The van der Waals surface area contributed by atoms with Crippen LogP contribution >= 0.6 is 0 Å². The number of aliphatic carboxylic acids is 2. The molecular formula is C12H15N6O6+. The van der Waals surface area contributed by atoms with E-state index >= 15 is 0 Å². The lowest BCUT2D eigenvalue weighted by Crippen LogP contribution is -2.48. The highest BCUT2D eigenvalue weighted by Crippen LogP contribution is 2.02. The van der Waals surface area contributed by atoms with Crippen LogP contribution in [0.25, 0.3) is 11.2 Å². The molecule has 0 aliphatic carbocycles. The van der Waals surface area contributed by atoms with Gasteiger partial charge in [-0.2, -0.15) is 0 Å². The Hall–Kier alpha value is -3.44. The quantitative estimate of drug-likeness (QED) is 0.349. The summed E-state index contributed by atoms with van der Waals surface area (Å²) < 4.78 is 2.73. The number of carboxylic acids is 2. The number of nitrogen functional groups attached to an aromatic ring is 1. The third-order valence-corrected chi connectivity index (χ3v) is 3.16. The van der Waals surface area contributed by atoms with Crippen molar-refractivity contribution < 1.29 is 29.2 Å². The van der Waals surface area contributed by atoms with Crippen LogP contribution in [0.4, 0.5) is 5.95 Å². The van der Waals surface area contributed by atoms with Gasteiger partial charge in [0.1, 0.15) is 6.04 Å². The van der Waals surface area contributed by atoms with E-state index in [1.54, 1.807) is 7.05 Å². The maximum Gasteiger partial charge on any atom is 0.326 e. The molecule has 1 atom stereocenters. The third-order valence-electron chi connectivity index (χ3n) is 3.16. The molecule has 0 aromatic carbocycles. The zero-order valence-electron chi connectivity index (χ0n) is 12.5. The highest BCUT2D eigenvalue weighted by molar-refractivity contribution is 5.86. The van der Waals surface area contributed by atoms with Crippen molar-refractivity contribution in [1.29, 1.82) is 0 Å². The van der Waals surface area contributed by atoms with Gasteiger partial charge in [-0.3, -0.25) is 23.9 Å². The summed E-state index contributed by atoms with van der Waals surface area (Å²) in [6, 6.07) is -1.56. The Morgan fingerprint density at radius 3 is 2.71 bits per heavy atom. The van der Waals surface area contributed by atoms with Gasteiger partial charge >= 0.3 is 17.6 Å². The van der Waals surface area contributed by atoms with E-state index < -0.39 is 35.9 Å². The second kappa shape index (κ2) is 6.36. The number of aromatic nitrogens is 4. The number of aromatic amines is 1. The number of anilines is 1. The van der Waals surface area contributed by atoms with Crippen molar-refractivity contribution >= 4 is 35.0 Å². The van der Waals surface area contributed by atoms with Crippen LogP contribution in [0.3, 0.4) is 0 Å². The number of carbonyl (C=O) groups excluding carboxylic acids is 1. The average molecular weight is 339 g/mol. The largest absolute Gasteiger partial charge is 0.481 e. The molecule has 0 unspecified atom stereocenters. The fourth-order valence-electron chi connectivity index (χ4n) is 2.20. The van der Waals surface area contributed by atoms with Crippen LogP contribution in [0.1, 0.15) is 6.42 Å². The zero-order chi connectivity index (χ0) is 18.0. The third kappa shape index (κ3) is 3.48. The van der Waals surface area contributed by atoms with E-state index in [1.807, 2.05) is 0 Å². The predicted octanol–water partition coefficient (Wildman–Crippen LogP) is -2.82. The maximum absolute atomic E-state index is 12.0. The molecular weight excluding hydrogens is 324 g/mol. The smallest absolute Gasteiger partial charge is 0.326 e. The number of aryl methyl sites for hydroxylation is 1. The van der Waals surface area contributed by atoms with Crippen LogP contribution in [0.2, 0.25) is 0 Å². The fourth-order valence-corrected chi connectivity index (χ4v) is 2.20. The van der Waals surface area contributed by atoms with Gasteiger partial charge in [-0.15, -0.1) is 0 Å². The minimum absolute atomic E-state index is 0.137. The number of hydrogen-bond acceptors (Lipinski definition) is 6. The number of imidazole rings is 1. The Labute approximate surface area is 133 Å². The van der Waals surface area contributed by atoms with E-state index in [0.29, 0.717) is 0 Å². The zero-order valence-corrected chi connectivity index (χ0v) is 12.5. The van der Waals surface area contributed by atoms with Crippen molar-refractivity contribution in [2.45, 2.75) is 19.0 Å². The number of nitrogens with one attached hydrogen (secondary N) is 2. The molecule has 2 aromatic heterocycles. The molecule has 0 aliphatic heterocycles. The van der Waals surface area contributed by atoms with Gasteiger partial charge in [-0.1, -0.05) is 4.98 Å². The first kappa shape index (κ1) is 16.9. The molecule has 2 heterocycles. The predicted molar refractivity (Wildman–Crippen MR) is 77.8 cm³/mol. The number of nitrogens with zero attached hydrogens (tertiary/aromatic N) is 3. The lowest BCUT2D eigenvalue weighted by atomic mass is 10.2. The molecule has 0 radical (unpaired) electrons. The van der Waals surface area contributed by atoms with Gasteiger partial charge < -0.3 is 21.3 Å². The summed E-state index contributed by atoms with van der Waals surface area (Å²) in [7, 11) is 1.56. The van der Waals surface area contributed by atoms with Crippen LogP contribution in [-0.2, 0) is 28.0 Å². The Morgan fingerprint density at radius 1 is 1.46 bits per heavy atom. The molecule has 1 amide bonds. The van der Waals surface area contributed by atoms with Gasteiger partial charge in [-0.25, -0.2) is 9.36 Å². The van der Waals surface area contributed by atoms with Crippen molar-refractivity contribution in [2.75, 3.05) is 5.73 Å². The van der Waals surface area contributed by atoms with Crippen LogP contribution in [0.15, 0.2) is 11.1 Å². The normalized spacial score (nSPS) is 12.0. The molecule has 2 rings (SSSR count). The van der Waals surface area contributed by atoms with Gasteiger partial charge in [0.2, 0.25) is 5.52 Å². The summed E-state index contributed by atoms with van der Waals surface area (Å²) in [5.74, 6) is -3.71. The molecule has 12 nitrogen and oxygen atoms in total. The lowest BCUT2D eigenvalue weighted by Gasteiger charge is -2.11. The van der Waals surface area contributed by atoms with Crippen molar-refractivity contribution in [3.8, 4) is 0 Å². The molecule has 0 aliphatic rings. The van der Waals surface area contributed by atoms with Crippen LogP contribution < -0.4 is 21.2 Å². The van der Waals surface area contributed by atoms with E-state index in [1.165, 1.54) is 15.5 Å². The van der Waals surface area contributed by atoms with E-state index in [4.69, 9.17) is 15.9 Å². The van der Waals surface area contributed by atoms with Gasteiger partial charge in [0.15, 0.2) is 12.9 Å². The van der Waals surface area contributed by atoms with Crippen LogP contribution in [0, 0.1) is 0 Å². The van der Waals surface area contributed by atoms with Crippen molar-refractivity contribution in [3.63, 3.8) is 0 Å². The van der Waals surface area contributed by atoms with Crippen LogP contribution in [0.5, 0.6) is 0 Å². The van der Waals surface area contributed by atoms with Gasteiger partial charge in [0.25, 0.3) is 17.4 Å². The van der Waals surface area contributed by atoms with Gasteiger partial charge in [0.05, 0.1) is 13.5 Å². The minimum Gasteiger partial charge on any atom is -0.481 e. The summed E-state index contributed by atoms with van der Waals surface area (Å²) in [6.07, 6.45) is 0.658. The van der Waals surface area contributed by atoms with E-state index in [2.05, 4.69) is 15.3 Å². The van der Waals surface area contributed by atoms with E-state index in [9.17, 15) is 19.2 Å². The standard InChI is InChI=1S/C12H14N6O6/c1-17-4-18(9-8(17)10(22)16-12(13)15-9)3-6(19)14-5(11(23)24)2-7(20)21/h4-5H,2-3H2,1H3,(H5-,13,14,15,16,19,20,21,22,23,24)/p+1/t5-/m1/s1. The first-order valence-corrected chi connectivity index (χ1v) is 6.67. The topological polar surface area (TPSA) is 184 Å². The Bertz CT molecular complexity index is 884. The molecule has 128 valence electrons. The van der Waals surface area contributed by atoms with Crippen molar-refractivity contribution in [1.82, 2.24) is 19.9 Å². The van der Waals surface area contributed by atoms with E-state index in [-0.39, 0.29) is 23.7 Å². The Balaban J connectivity index is 2.26. The average Bonchev–Trinajstić information content (AvgIpc) is 2.73. The highest BCUT2D eigenvalue weighted by Gasteiger charge is 2.26. The SMILES string of the molecule is Cn1c[n+](CC(=O)N[C@H](CC(=O)O)C(=O)O)c2nc(N)[nH]c(=O)c21.